The zero-order valence-corrected chi connectivity index (χ0v) is 16.7. The van der Waals surface area contributed by atoms with Crippen molar-refractivity contribution >= 4 is 45.8 Å². The Kier molecular flexibility index (Phi) is 5.31. The van der Waals surface area contributed by atoms with Gasteiger partial charge in [0.1, 0.15) is 12.2 Å². The van der Waals surface area contributed by atoms with E-state index in [0.29, 0.717) is 42.9 Å². The van der Waals surface area contributed by atoms with Gasteiger partial charge in [-0.3, -0.25) is 4.79 Å². The van der Waals surface area contributed by atoms with E-state index in [9.17, 15) is 4.79 Å². The van der Waals surface area contributed by atoms with Crippen LogP contribution in [0.1, 0.15) is 5.56 Å². The number of rotatable bonds is 4. The highest BCUT2D eigenvalue weighted by molar-refractivity contribution is 6.36. The first-order valence-electron chi connectivity index (χ1n) is 8.42. The molecule has 1 heterocycles. The first-order chi connectivity index (χ1) is 13.5. The molecule has 4 rings (SSSR count). The first kappa shape index (κ1) is 18.9. The Morgan fingerprint density at radius 2 is 1.50 bits per heavy atom. The molecule has 0 N–H and O–H groups in total. The summed E-state index contributed by atoms with van der Waals surface area (Å²) in [5.74, 6) is 0.417. The molecule has 6 heteroatoms. The Morgan fingerprint density at radius 3 is 2.21 bits per heavy atom. The van der Waals surface area contributed by atoms with Crippen LogP contribution in [0, 0.1) is 0 Å². The van der Waals surface area contributed by atoms with Crippen molar-refractivity contribution in [2.45, 2.75) is 6.61 Å². The van der Waals surface area contributed by atoms with Crippen LogP contribution in [0.2, 0.25) is 15.1 Å². The molecule has 140 valence electrons. The third-order valence-electron chi connectivity index (χ3n) is 4.29. The number of halogens is 3. The fourth-order valence-electron chi connectivity index (χ4n) is 2.86. The molecule has 1 aromatic heterocycles. The van der Waals surface area contributed by atoms with Crippen LogP contribution in [0.15, 0.2) is 75.9 Å². The molecule has 3 nitrogen and oxygen atoms in total. The van der Waals surface area contributed by atoms with E-state index >= 15 is 0 Å². The van der Waals surface area contributed by atoms with Gasteiger partial charge in [0.15, 0.2) is 5.76 Å². The summed E-state index contributed by atoms with van der Waals surface area (Å²) in [4.78, 5) is 13.1. The first-order valence-corrected chi connectivity index (χ1v) is 9.55. The zero-order valence-electron chi connectivity index (χ0n) is 14.4. The molecule has 0 aliphatic rings. The minimum atomic E-state index is -0.269. The van der Waals surface area contributed by atoms with E-state index in [-0.39, 0.29) is 17.8 Å². The van der Waals surface area contributed by atoms with Crippen LogP contribution in [-0.4, -0.2) is 0 Å². The van der Waals surface area contributed by atoms with Gasteiger partial charge < -0.3 is 9.15 Å². The SMILES string of the molecule is O=c1c(OCc2c(Cl)cccc2Cl)c(-c2ccc(Cl)cc2)oc2ccccc12. The second-order valence-corrected chi connectivity index (χ2v) is 7.33. The van der Waals surface area contributed by atoms with Gasteiger partial charge in [-0.15, -0.1) is 0 Å². The molecule has 0 bridgehead atoms. The quantitative estimate of drug-likeness (QED) is 0.349. The third-order valence-corrected chi connectivity index (χ3v) is 5.25. The normalized spacial score (nSPS) is 11.0. The predicted molar refractivity (Wildman–Crippen MR) is 114 cm³/mol. The molecule has 28 heavy (non-hydrogen) atoms. The molecule has 0 spiro atoms. The van der Waals surface area contributed by atoms with Gasteiger partial charge in [0.25, 0.3) is 0 Å². The minimum Gasteiger partial charge on any atom is -0.481 e. The van der Waals surface area contributed by atoms with E-state index in [0.717, 1.165) is 0 Å². The topological polar surface area (TPSA) is 39.4 Å². The van der Waals surface area contributed by atoms with Gasteiger partial charge in [-0.2, -0.15) is 0 Å². The van der Waals surface area contributed by atoms with E-state index < -0.39 is 0 Å². The number of hydrogen-bond acceptors (Lipinski definition) is 3. The Balaban J connectivity index is 1.85. The molecular formula is C22H13Cl3O3. The second-order valence-electron chi connectivity index (χ2n) is 6.08. The summed E-state index contributed by atoms with van der Waals surface area (Å²) in [5.41, 5.74) is 1.48. The van der Waals surface area contributed by atoms with Crippen molar-refractivity contribution in [2.24, 2.45) is 0 Å². The summed E-state index contributed by atoms with van der Waals surface area (Å²) in [6, 6.07) is 19.2. The number of para-hydroxylation sites is 1. The van der Waals surface area contributed by atoms with Crippen LogP contribution >= 0.6 is 34.8 Å². The Hall–Kier alpha value is -2.46. The fourth-order valence-corrected chi connectivity index (χ4v) is 3.49. The lowest BCUT2D eigenvalue weighted by molar-refractivity contribution is 0.298. The van der Waals surface area contributed by atoms with Crippen molar-refractivity contribution in [3.63, 3.8) is 0 Å². The second kappa shape index (κ2) is 7.88. The van der Waals surface area contributed by atoms with Gasteiger partial charge in [-0.25, -0.2) is 0 Å². The minimum absolute atomic E-state index is 0.0300. The van der Waals surface area contributed by atoms with Crippen LogP contribution in [-0.2, 0) is 6.61 Å². The fraction of sp³-hybridized carbons (Fsp3) is 0.0455. The van der Waals surface area contributed by atoms with E-state index in [4.69, 9.17) is 44.0 Å². The van der Waals surface area contributed by atoms with E-state index in [2.05, 4.69) is 0 Å². The van der Waals surface area contributed by atoms with Crippen molar-refractivity contribution in [1.29, 1.82) is 0 Å². The van der Waals surface area contributed by atoms with Gasteiger partial charge in [-0.05, 0) is 48.5 Å². The molecule has 0 saturated heterocycles. The van der Waals surface area contributed by atoms with Crippen molar-refractivity contribution in [2.75, 3.05) is 0 Å². The van der Waals surface area contributed by atoms with Crippen LogP contribution in [0.3, 0.4) is 0 Å². The van der Waals surface area contributed by atoms with Crippen LogP contribution in [0.5, 0.6) is 5.75 Å². The molecule has 4 aromatic rings. The molecule has 0 aliphatic heterocycles. The number of hydrogen-bond donors (Lipinski definition) is 0. The van der Waals surface area contributed by atoms with Crippen molar-refractivity contribution in [3.05, 3.63) is 97.6 Å². The molecule has 0 radical (unpaired) electrons. The maximum Gasteiger partial charge on any atom is 0.235 e. The lowest BCUT2D eigenvalue weighted by Crippen LogP contribution is -2.10. The Morgan fingerprint density at radius 1 is 0.821 bits per heavy atom. The van der Waals surface area contributed by atoms with Gasteiger partial charge in [0.05, 0.1) is 5.39 Å². The summed E-state index contributed by atoms with van der Waals surface area (Å²) in [6.45, 7) is 0.0300. The highest BCUT2D eigenvalue weighted by atomic mass is 35.5. The van der Waals surface area contributed by atoms with E-state index in [1.807, 2.05) is 0 Å². The van der Waals surface area contributed by atoms with Crippen LogP contribution in [0.4, 0.5) is 0 Å². The summed E-state index contributed by atoms with van der Waals surface area (Å²) in [5, 5.41) is 1.94. The highest BCUT2D eigenvalue weighted by Crippen LogP contribution is 2.33. The lowest BCUT2D eigenvalue weighted by atomic mass is 10.1. The number of fused-ring (bicyclic) bond motifs is 1. The standard InChI is InChI=1S/C22H13Cl3O3/c23-14-10-8-13(9-11-14)21-22(20(26)15-4-1-2-7-19(15)28-21)27-12-16-17(24)5-3-6-18(16)25/h1-11H,12H2. The summed E-state index contributed by atoms with van der Waals surface area (Å²) >= 11 is 18.4. The van der Waals surface area contributed by atoms with Crippen molar-refractivity contribution in [1.82, 2.24) is 0 Å². The predicted octanol–water partition coefficient (Wildman–Crippen LogP) is 7.00. The maximum absolute atomic E-state index is 13.1. The van der Waals surface area contributed by atoms with Crippen molar-refractivity contribution < 1.29 is 9.15 Å². The number of ether oxygens (including phenoxy) is 1. The lowest BCUT2D eigenvalue weighted by Gasteiger charge is -2.13. The average molecular weight is 432 g/mol. The zero-order chi connectivity index (χ0) is 19.7. The van der Waals surface area contributed by atoms with Crippen molar-refractivity contribution in [3.8, 4) is 17.1 Å². The van der Waals surface area contributed by atoms with Gasteiger partial charge >= 0.3 is 0 Å². The third kappa shape index (κ3) is 3.61. The molecule has 3 aromatic carbocycles. The van der Waals surface area contributed by atoms with Crippen LogP contribution in [0.25, 0.3) is 22.3 Å². The Bertz CT molecular complexity index is 1190. The average Bonchev–Trinajstić information content (AvgIpc) is 2.69. The van der Waals surface area contributed by atoms with Crippen LogP contribution < -0.4 is 10.2 Å². The molecule has 0 aliphatic carbocycles. The number of benzene rings is 3. The molecule has 0 unspecified atom stereocenters. The maximum atomic E-state index is 13.1. The smallest absolute Gasteiger partial charge is 0.235 e. The summed E-state index contributed by atoms with van der Waals surface area (Å²) in [7, 11) is 0. The van der Waals surface area contributed by atoms with E-state index in [1.165, 1.54) is 0 Å². The summed E-state index contributed by atoms with van der Waals surface area (Å²) in [6.07, 6.45) is 0. The van der Waals surface area contributed by atoms with Gasteiger partial charge in [0, 0.05) is 26.2 Å². The summed E-state index contributed by atoms with van der Waals surface area (Å²) < 4.78 is 11.9. The highest BCUT2D eigenvalue weighted by Gasteiger charge is 2.18. The largest absolute Gasteiger partial charge is 0.481 e. The molecule has 0 atom stereocenters. The molecular weight excluding hydrogens is 419 g/mol. The van der Waals surface area contributed by atoms with E-state index in [1.54, 1.807) is 66.7 Å². The monoisotopic (exact) mass is 430 g/mol. The van der Waals surface area contributed by atoms with Gasteiger partial charge in [-0.1, -0.05) is 53.0 Å². The molecule has 0 saturated carbocycles. The molecule has 0 fully saturated rings. The van der Waals surface area contributed by atoms with Gasteiger partial charge in [0.2, 0.25) is 11.2 Å². The Labute approximate surface area is 176 Å². The molecule has 0 amide bonds.